The molecule has 2 fully saturated rings. The Morgan fingerprint density at radius 1 is 1.21 bits per heavy atom. The van der Waals surface area contributed by atoms with Crippen molar-refractivity contribution in [3.63, 3.8) is 0 Å². The number of aromatic hydroxyl groups is 1. The van der Waals surface area contributed by atoms with Gasteiger partial charge in [-0.3, -0.25) is 0 Å². The summed E-state index contributed by atoms with van der Waals surface area (Å²) in [5.41, 5.74) is 0.574. The molecule has 3 atom stereocenters. The normalized spacial score (nSPS) is 28.9. The predicted octanol–water partition coefficient (Wildman–Crippen LogP) is 2.48. The first-order valence-electron chi connectivity index (χ1n) is 6.58. The summed E-state index contributed by atoms with van der Waals surface area (Å²) in [5.74, 6) is 1.46. The van der Waals surface area contributed by atoms with Crippen LogP contribution in [0.2, 0.25) is 0 Å². The highest BCUT2D eigenvalue weighted by atomic mass is 16.5. The second-order valence-electron chi connectivity index (χ2n) is 5.19. The zero-order valence-electron chi connectivity index (χ0n) is 10.3. The average Bonchev–Trinajstić information content (AvgIpc) is 3.15. The lowest BCUT2D eigenvalue weighted by molar-refractivity contribution is 0.0996. The second kappa shape index (κ2) is 4.06. The Morgan fingerprint density at radius 2 is 2.11 bits per heavy atom. The van der Waals surface area contributed by atoms with Gasteiger partial charge in [-0.05, 0) is 31.4 Å². The summed E-state index contributed by atoms with van der Waals surface area (Å²) in [6.07, 6.45) is 3.80. The minimum absolute atomic E-state index is 0.155. The van der Waals surface area contributed by atoms with Gasteiger partial charge in [0.1, 0.15) is 5.75 Å². The maximum Gasteiger partial charge on any atom is 0.261 e. The van der Waals surface area contributed by atoms with Gasteiger partial charge in [0.15, 0.2) is 5.82 Å². The van der Waals surface area contributed by atoms with E-state index in [4.69, 9.17) is 9.26 Å². The Bertz CT molecular complexity index is 610. The summed E-state index contributed by atoms with van der Waals surface area (Å²) >= 11 is 0. The number of benzene rings is 1. The molecule has 1 aromatic heterocycles. The van der Waals surface area contributed by atoms with Crippen molar-refractivity contribution in [2.24, 2.45) is 0 Å². The number of hydrogen-bond donors (Lipinski definition) is 1. The molecule has 0 radical (unpaired) electrons. The van der Waals surface area contributed by atoms with E-state index >= 15 is 0 Å². The lowest BCUT2D eigenvalue weighted by atomic mass is 9.89. The Morgan fingerprint density at radius 3 is 2.84 bits per heavy atom. The van der Waals surface area contributed by atoms with E-state index in [9.17, 15) is 5.11 Å². The molecule has 3 unspecified atom stereocenters. The van der Waals surface area contributed by atoms with Gasteiger partial charge in [0.25, 0.3) is 5.89 Å². The molecule has 0 spiro atoms. The molecule has 2 bridgehead atoms. The van der Waals surface area contributed by atoms with Crippen molar-refractivity contribution in [1.29, 1.82) is 0 Å². The summed E-state index contributed by atoms with van der Waals surface area (Å²) in [4.78, 5) is 4.42. The van der Waals surface area contributed by atoms with Crippen molar-refractivity contribution in [3.8, 4) is 17.2 Å². The van der Waals surface area contributed by atoms with Crippen LogP contribution in [0.5, 0.6) is 5.75 Å². The maximum absolute atomic E-state index is 9.79. The molecule has 1 aromatic carbocycles. The van der Waals surface area contributed by atoms with E-state index < -0.39 is 0 Å². The zero-order valence-corrected chi connectivity index (χ0v) is 10.3. The Kier molecular flexibility index (Phi) is 2.35. The highest BCUT2D eigenvalue weighted by Crippen LogP contribution is 2.44. The van der Waals surface area contributed by atoms with Crippen molar-refractivity contribution in [2.75, 3.05) is 0 Å². The van der Waals surface area contributed by atoms with Gasteiger partial charge in [-0.2, -0.15) is 4.98 Å². The molecule has 0 amide bonds. The van der Waals surface area contributed by atoms with Crippen LogP contribution in [0.4, 0.5) is 0 Å². The van der Waals surface area contributed by atoms with Gasteiger partial charge in [-0.25, -0.2) is 0 Å². The van der Waals surface area contributed by atoms with Crippen molar-refractivity contribution in [3.05, 3.63) is 30.1 Å². The van der Waals surface area contributed by atoms with Crippen molar-refractivity contribution in [1.82, 2.24) is 10.1 Å². The predicted molar refractivity (Wildman–Crippen MR) is 66.7 cm³/mol. The van der Waals surface area contributed by atoms with Crippen LogP contribution in [0.3, 0.4) is 0 Å². The first-order chi connectivity index (χ1) is 9.31. The van der Waals surface area contributed by atoms with Gasteiger partial charge in [-0.1, -0.05) is 17.3 Å². The fourth-order valence-corrected chi connectivity index (χ4v) is 3.06. The summed E-state index contributed by atoms with van der Waals surface area (Å²) in [6, 6.07) is 6.98. The van der Waals surface area contributed by atoms with E-state index in [0.29, 0.717) is 23.4 Å². The van der Waals surface area contributed by atoms with Crippen molar-refractivity contribution in [2.45, 2.75) is 37.4 Å². The van der Waals surface area contributed by atoms with Crippen molar-refractivity contribution < 1.29 is 14.4 Å². The molecule has 2 aliphatic rings. The zero-order chi connectivity index (χ0) is 12.8. The molecule has 1 N–H and O–H groups in total. The van der Waals surface area contributed by atoms with Gasteiger partial charge in [0.2, 0.25) is 0 Å². The summed E-state index contributed by atoms with van der Waals surface area (Å²) in [5, 5.41) is 13.8. The van der Waals surface area contributed by atoms with Crippen LogP contribution in [0.25, 0.3) is 11.5 Å². The van der Waals surface area contributed by atoms with Crippen LogP contribution >= 0.6 is 0 Å². The van der Waals surface area contributed by atoms with Gasteiger partial charge >= 0.3 is 0 Å². The molecular weight excluding hydrogens is 244 g/mol. The van der Waals surface area contributed by atoms with Gasteiger partial charge in [0.05, 0.1) is 23.7 Å². The van der Waals surface area contributed by atoms with E-state index in [0.717, 1.165) is 19.3 Å². The van der Waals surface area contributed by atoms with Crippen molar-refractivity contribution >= 4 is 0 Å². The third kappa shape index (κ3) is 1.73. The largest absolute Gasteiger partial charge is 0.507 e. The van der Waals surface area contributed by atoms with E-state index in [1.165, 1.54) is 0 Å². The number of ether oxygens (including phenoxy) is 1. The molecule has 19 heavy (non-hydrogen) atoms. The van der Waals surface area contributed by atoms with E-state index in [2.05, 4.69) is 10.1 Å². The molecular formula is C14H14N2O3. The number of aromatic nitrogens is 2. The van der Waals surface area contributed by atoms with E-state index in [1.54, 1.807) is 18.2 Å². The molecule has 5 nitrogen and oxygen atoms in total. The van der Waals surface area contributed by atoms with Gasteiger partial charge < -0.3 is 14.4 Å². The maximum atomic E-state index is 9.79. The SMILES string of the molecule is Oc1ccccc1-c1nc(C2CC3CCC2O3)no1. The first kappa shape index (κ1) is 11.0. The van der Waals surface area contributed by atoms with E-state index in [1.807, 2.05) is 6.07 Å². The van der Waals surface area contributed by atoms with Gasteiger partial charge in [0, 0.05) is 0 Å². The average molecular weight is 258 g/mol. The molecule has 2 aromatic rings. The minimum atomic E-state index is 0.155. The third-order valence-electron chi connectivity index (χ3n) is 4.01. The molecule has 0 saturated carbocycles. The molecule has 0 aliphatic carbocycles. The van der Waals surface area contributed by atoms with Crippen LogP contribution < -0.4 is 0 Å². The Balaban J connectivity index is 1.65. The quantitative estimate of drug-likeness (QED) is 0.896. The number of nitrogens with zero attached hydrogens (tertiary/aromatic N) is 2. The first-order valence-corrected chi connectivity index (χ1v) is 6.58. The van der Waals surface area contributed by atoms with Crippen LogP contribution in [0.15, 0.2) is 28.8 Å². The Labute approximate surface area is 110 Å². The highest BCUT2D eigenvalue weighted by molar-refractivity contribution is 5.61. The molecule has 3 heterocycles. The lowest BCUT2D eigenvalue weighted by Gasteiger charge is -2.13. The molecule has 5 heteroatoms. The highest BCUT2D eigenvalue weighted by Gasteiger charge is 2.43. The standard InChI is InChI=1S/C14H14N2O3/c17-11-4-2-1-3-9(11)14-15-13(16-19-14)10-7-8-5-6-12(10)18-8/h1-4,8,10,12,17H,5-7H2. The van der Waals surface area contributed by atoms with Crippen LogP contribution in [-0.4, -0.2) is 27.5 Å². The van der Waals surface area contributed by atoms with Gasteiger partial charge in [-0.15, -0.1) is 0 Å². The van der Waals surface area contributed by atoms with Crippen LogP contribution in [-0.2, 0) is 4.74 Å². The molecule has 2 saturated heterocycles. The fourth-order valence-electron chi connectivity index (χ4n) is 3.06. The smallest absolute Gasteiger partial charge is 0.261 e. The number of hydrogen-bond acceptors (Lipinski definition) is 5. The lowest BCUT2D eigenvalue weighted by Crippen LogP contribution is -2.15. The Hall–Kier alpha value is -1.88. The summed E-state index contributed by atoms with van der Waals surface area (Å²) < 4.78 is 11.1. The second-order valence-corrected chi connectivity index (χ2v) is 5.19. The van der Waals surface area contributed by atoms with E-state index in [-0.39, 0.29) is 17.8 Å². The fraction of sp³-hybridized carbons (Fsp3) is 0.429. The molecule has 2 aliphatic heterocycles. The number of fused-ring (bicyclic) bond motifs is 2. The number of phenols is 1. The number of phenolic OH excluding ortho intramolecular Hbond substituents is 1. The summed E-state index contributed by atoms with van der Waals surface area (Å²) in [7, 11) is 0. The van der Waals surface area contributed by atoms with Crippen LogP contribution in [0, 0.1) is 0 Å². The number of para-hydroxylation sites is 1. The topological polar surface area (TPSA) is 68.4 Å². The number of rotatable bonds is 2. The monoisotopic (exact) mass is 258 g/mol. The molecule has 98 valence electrons. The molecule has 4 rings (SSSR count). The summed E-state index contributed by atoms with van der Waals surface area (Å²) in [6.45, 7) is 0. The minimum Gasteiger partial charge on any atom is -0.507 e. The third-order valence-corrected chi connectivity index (χ3v) is 4.01. The van der Waals surface area contributed by atoms with Crippen LogP contribution in [0.1, 0.15) is 31.0 Å².